The molecule has 0 radical (unpaired) electrons. The molecular weight excluding hydrogens is 222 g/mol. The molecule has 1 rings (SSSR count). The van der Waals surface area contributed by atoms with Crippen molar-refractivity contribution in [3.05, 3.63) is 12.2 Å². The fourth-order valence-electron chi connectivity index (χ4n) is 1.71. The van der Waals surface area contributed by atoms with E-state index in [9.17, 15) is 9.59 Å². The van der Waals surface area contributed by atoms with Crippen LogP contribution in [-0.2, 0) is 19.1 Å². The van der Waals surface area contributed by atoms with Gasteiger partial charge in [0.05, 0.1) is 19.6 Å². The lowest BCUT2D eigenvalue weighted by atomic mass is 10.1. The van der Waals surface area contributed by atoms with Gasteiger partial charge in [0.1, 0.15) is 6.04 Å². The van der Waals surface area contributed by atoms with Crippen molar-refractivity contribution >= 4 is 11.9 Å². The summed E-state index contributed by atoms with van der Waals surface area (Å²) >= 11 is 0. The third-order valence-corrected chi connectivity index (χ3v) is 2.66. The van der Waals surface area contributed by atoms with Crippen molar-refractivity contribution in [1.82, 2.24) is 5.32 Å². The summed E-state index contributed by atoms with van der Waals surface area (Å²) in [5.41, 5.74) is 0.823. The van der Waals surface area contributed by atoms with Crippen LogP contribution >= 0.6 is 0 Å². The molecule has 0 aliphatic carbocycles. The number of hydrogen-bond donors (Lipinski definition) is 1. The normalized spacial score (nSPS) is 20.7. The van der Waals surface area contributed by atoms with Crippen molar-refractivity contribution in [3.63, 3.8) is 0 Å². The van der Waals surface area contributed by atoms with Crippen molar-refractivity contribution in [2.24, 2.45) is 5.92 Å². The number of amides is 1. The molecule has 1 fully saturated rings. The van der Waals surface area contributed by atoms with Crippen LogP contribution in [0, 0.1) is 5.92 Å². The first-order valence-corrected chi connectivity index (χ1v) is 5.65. The Labute approximate surface area is 101 Å². The summed E-state index contributed by atoms with van der Waals surface area (Å²) in [5, 5.41) is 2.69. The van der Waals surface area contributed by atoms with Gasteiger partial charge in [-0.1, -0.05) is 5.57 Å². The summed E-state index contributed by atoms with van der Waals surface area (Å²) in [7, 11) is 1.30. The van der Waals surface area contributed by atoms with Gasteiger partial charge in [-0.15, -0.1) is 6.58 Å². The largest absolute Gasteiger partial charge is 0.467 e. The quantitative estimate of drug-likeness (QED) is 0.567. The molecule has 0 spiro atoms. The predicted octanol–water partition coefficient (Wildman–Crippen LogP) is 0.647. The summed E-state index contributed by atoms with van der Waals surface area (Å²) in [6, 6.07) is -0.648. The van der Waals surface area contributed by atoms with Gasteiger partial charge in [0.25, 0.3) is 0 Å². The van der Waals surface area contributed by atoms with E-state index in [2.05, 4.69) is 16.6 Å². The molecule has 0 aromatic carbocycles. The molecule has 1 N–H and O–H groups in total. The van der Waals surface area contributed by atoms with E-state index in [1.807, 2.05) is 0 Å². The third kappa shape index (κ3) is 4.19. The molecule has 0 unspecified atom stereocenters. The molecule has 0 bridgehead atoms. The van der Waals surface area contributed by atoms with E-state index < -0.39 is 12.0 Å². The summed E-state index contributed by atoms with van der Waals surface area (Å²) in [6.45, 7) is 6.56. The first kappa shape index (κ1) is 13.7. The van der Waals surface area contributed by atoms with Crippen LogP contribution in [-0.4, -0.2) is 38.2 Å². The molecule has 1 heterocycles. The van der Waals surface area contributed by atoms with Gasteiger partial charge in [0.2, 0.25) is 5.91 Å². The Balaban J connectivity index is 2.55. The van der Waals surface area contributed by atoms with Crippen molar-refractivity contribution in [2.75, 3.05) is 20.3 Å². The van der Waals surface area contributed by atoms with Crippen LogP contribution in [0.2, 0.25) is 0 Å². The van der Waals surface area contributed by atoms with E-state index in [1.165, 1.54) is 7.11 Å². The number of hydrogen-bond acceptors (Lipinski definition) is 4. The smallest absolute Gasteiger partial charge is 0.328 e. The van der Waals surface area contributed by atoms with Gasteiger partial charge < -0.3 is 14.8 Å². The van der Waals surface area contributed by atoms with E-state index >= 15 is 0 Å². The van der Waals surface area contributed by atoms with Gasteiger partial charge in [0, 0.05) is 6.61 Å². The van der Waals surface area contributed by atoms with Gasteiger partial charge in [-0.25, -0.2) is 4.79 Å². The second-order valence-electron chi connectivity index (χ2n) is 4.31. The second-order valence-corrected chi connectivity index (χ2v) is 4.31. The van der Waals surface area contributed by atoms with Gasteiger partial charge in [-0.05, 0) is 19.8 Å². The maximum absolute atomic E-state index is 11.8. The third-order valence-electron chi connectivity index (χ3n) is 2.66. The maximum Gasteiger partial charge on any atom is 0.328 e. The molecule has 17 heavy (non-hydrogen) atoms. The molecule has 1 aliphatic heterocycles. The molecule has 1 aliphatic rings. The van der Waals surface area contributed by atoms with E-state index in [1.54, 1.807) is 6.92 Å². The highest BCUT2D eigenvalue weighted by atomic mass is 16.5. The number of carbonyl (C=O) groups is 2. The number of methoxy groups -OCH3 is 1. The summed E-state index contributed by atoms with van der Waals surface area (Å²) < 4.78 is 9.78. The Morgan fingerprint density at radius 2 is 2.29 bits per heavy atom. The van der Waals surface area contributed by atoms with E-state index in [-0.39, 0.29) is 11.8 Å². The van der Waals surface area contributed by atoms with Crippen LogP contribution in [0.15, 0.2) is 12.2 Å². The Morgan fingerprint density at radius 1 is 1.59 bits per heavy atom. The fraction of sp³-hybridized carbons (Fsp3) is 0.667. The SMILES string of the molecule is C=C(C)C[C@@H](NC(=O)[C@@H]1CCOC1)C(=O)OC. The van der Waals surface area contributed by atoms with Crippen LogP contribution in [0.25, 0.3) is 0 Å². The highest BCUT2D eigenvalue weighted by Gasteiger charge is 2.28. The molecule has 0 saturated carbocycles. The number of rotatable bonds is 5. The summed E-state index contributed by atoms with van der Waals surface area (Å²) in [5.74, 6) is -0.758. The standard InChI is InChI=1S/C12H19NO4/c1-8(2)6-10(12(15)16-3)13-11(14)9-4-5-17-7-9/h9-10H,1,4-7H2,2-3H3,(H,13,14)/t9-,10-/m1/s1. The number of carbonyl (C=O) groups excluding carboxylic acids is 2. The maximum atomic E-state index is 11.8. The van der Waals surface area contributed by atoms with Gasteiger partial charge in [0.15, 0.2) is 0 Å². The van der Waals surface area contributed by atoms with E-state index in [0.717, 1.165) is 5.57 Å². The molecule has 0 aromatic rings. The zero-order chi connectivity index (χ0) is 12.8. The van der Waals surface area contributed by atoms with E-state index in [4.69, 9.17) is 4.74 Å². The highest BCUT2D eigenvalue weighted by Crippen LogP contribution is 2.13. The predicted molar refractivity (Wildman–Crippen MR) is 62.3 cm³/mol. The lowest BCUT2D eigenvalue weighted by Gasteiger charge is -2.18. The molecule has 96 valence electrons. The minimum absolute atomic E-state index is 0.154. The van der Waals surface area contributed by atoms with Gasteiger partial charge in [-0.3, -0.25) is 4.79 Å². The fourth-order valence-corrected chi connectivity index (χ4v) is 1.71. The van der Waals surface area contributed by atoms with Crippen LogP contribution in [0.3, 0.4) is 0 Å². The topological polar surface area (TPSA) is 64.6 Å². The van der Waals surface area contributed by atoms with Crippen molar-refractivity contribution < 1.29 is 19.1 Å². The van der Waals surface area contributed by atoms with Crippen LogP contribution < -0.4 is 5.32 Å². The molecule has 2 atom stereocenters. The first-order chi connectivity index (χ1) is 8.04. The zero-order valence-corrected chi connectivity index (χ0v) is 10.3. The Bertz CT molecular complexity index is 308. The molecule has 1 saturated heterocycles. The lowest BCUT2D eigenvalue weighted by Crippen LogP contribution is -2.44. The molecular formula is C12H19NO4. The highest BCUT2D eigenvalue weighted by molar-refractivity contribution is 5.86. The summed E-state index contributed by atoms with van der Waals surface area (Å²) in [6.07, 6.45) is 1.10. The van der Waals surface area contributed by atoms with Gasteiger partial charge in [-0.2, -0.15) is 0 Å². The van der Waals surface area contributed by atoms with Gasteiger partial charge >= 0.3 is 5.97 Å². The Morgan fingerprint density at radius 3 is 2.76 bits per heavy atom. The average Bonchev–Trinajstić information content (AvgIpc) is 2.79. The average molecular weight is 241 g/mol. The Kier molecular flexibility index (Phi) is 5.15. The van der Waals surface area contributed by atoms with Crippen LogP contribution in [0.1, 0.15) is 19.8 Å². The molecule has 0 aromatic heterocycles. The van der Waals surface area contributed by atoms with Crippen molar-refractivity contribution in [1.29, 1.82) is 0 Å². The molecule has 1 amide bonds. The second kappa shape index (κ2) is 6.39. The van der Waals surface area contributed by atoms with Crippen molar-refractivity contribution in [2.45, 2.75) is 25.8 Å². The summed E-state index contributed by atoms with van der Waals surface area (Å²) in [4.78, 5) is 23.3. The lowest BCUT2D eigenvalue weighted by molar-refractivity contribution is -0.145. The Hall–Kier alpha value is -1.36. The van der Waals surface area contributed by atoms with Crippen molar-refractivity contribution in [3.8, 4) is 0 Å². The number of esters is 1. The van der Waals surface area contributed by atoms with Crippen LogP contribution in [0.5, 0.6) is 0 Å². The monoisotopic (exact) mass is 241 g/mol. The molecule has 5 nitrogen and oxygen atoms in total. The first-order valence-electron chi connectivity index (χ1n) is 5.65. The zero-order valence-electron chi connectivity index (χ0n) is 10.3. The minimum atomic E-state index is -0.648. The minimum Gasteiger partial charge on any atom is -0.467 e. The molecule has 5 heteroatoms. The van der Waals surface area contributed by atoms with Crippen LogP contribution in [0.4, 0.5) is 0 Å². The number of nitrogens with one attached hydrogen (secondary N) is 1. The van der Waals surface area contributed by atoms with E-state index in [0.29, 0.717) is 26.1 Å². The number of ether oxygens (including phenoxy) is 2.